The Labute approximate surface area is 125 Å². The van der Waals surface area contributed by atoms with Gasteiger partial charge in [-0.3, -0.25) is 19.3 Å². The van der Waals surface area contributed by atoms with E-state index in [2.05, 4.69) is 22.6 Å². The largest absolute Gasteiger partial charge is 0.292 e. The van der Waals surface area contributed by atoms with Crippen molar-refractivity contribution in [1.82, 2.24) is 4.90 Å². The highest BCUT2D eigenvalue weighted by Gasteiger charge is 2.31. The number of hydrogen-bond acceptors (Lipinski definition) is 3. The number of Topliss-reactive ketones (excluding diaryl/α,β-unsaturated/α-hetero) is 1. The molecule has 0 atom stereocenters. The molecule has 1 aliphatic heterocycles. The van der Waals surface area contributed by atoms with Crippen molar-refractivity contribution in [2.45, 2.75) is 19.8 Å². The quantitative estimate of drug-likeness (QED) is 0.465. The van der Waals surface area contributed by atoms with Crippen molar-refractivity contribution in [3.8, 4) is 0 Å². The van der Waals surface area contributed by atoms with Crippen LogP contribution in [-0.4, -0.2) is 29.0 Å². The van der Waals surface area contributed by atoms with E-state index in [0.717, 1.165) is 8.47 Å². The number of ketones is 1. The number of amides is 2. The van der Waals surface area contributed by atoms with Crippen LogP contribution in [0.25, 0.3) is 0 Å². The zero-order valence-corrected chi connectivity index (χ0v) is 12.7. The number of hydrogen-bond donors (Lipinski definition) is 0. The van der Waals surface area contributed by atoms with E-state index in [9.17, 15) is 14.4 Å². The van der Waals surface area contributed by atoms with Gasteiger partial charge in [-0.1, -0.05) is 19.1 Å². The molecule has 2 rings (SSSR count). The van der Waals surface area contributed by atoms with Crippen molar-refractivity contribution in [3.05, 3.63) is 33.4 Å². The van der Waals surface area contributed by atoms with Crippen LogP contribution in [0, 0.1) is 9.49 Å². The van der Waals surface area contributed by atoms with Gasteiger partial charge in [0.15, 0.2) is 5.78 Å². The first-order chi connectivity index (χ1) is 8.97. The molecular weight excluding hydrogens is 357 g/mol. The van der Waals surface area contributed by atoms with Gasteiger partial charge in [0.05, 0.1) is 6.54 Å². The number of imide groups is 1. The number of carbonyl (C=O) groups is 3. The average Bonchev–Trinajstić information content (AvgIpc) is 2.34. The molecule has 0 saturated carbocycles. The normalized spacial score (nSPS) is 16.8. The fourth-order valence-corrected chi connectivity index (χ4v) is 2.43. The number of halogens is 1. The molecule has 0 spiro atoms. The Morgan fingerprint density at radius 3 is 2.26 bits per heavy atom. The highest BCUT2D eigenvalue weighted by molar-refractivity contribution is 14.1. The number of rotatable bonds is 3. The number of likely N-dealkylation sites (tertiary alicyclic amines) is 1. The summed E-state index contributed by atoms with van der Waals surface area (Å²) in [7, 11) is 0. The molecule has 0 radical (unpaired) electrons. The average molecular weight is 371 g/mol. The molecule has 1 aliphatic rings. The molecule has 0 aromatic heterocycles. The summed E-state index contributed by atoms with van der Waals surface area (Å²) in [4.78, 5) is 36.7. The van der Waals surface area contributed by atoms with E-state index in [1.165, 1.54) is 0 Å². The Morgan fingerprint density at radius 2 is 1.74 bits per heavy atom. The predicted octanol–water partition coefficient (Wildman–Crippen LogP) is 2.26. The lowest BCUT2D eigenvalue weighted by Crippen LogP contribution is -2.45. The zero-order chi connectivity index (χ0) is 14.0. The van der Waals surface area contributed by atoms with E-state index in [0.29, 0.717) is 18.4 Å². The van der Waals surface area contributed by atoms with Gasteiger partial charge in [0.1, 0.15) is 0 Å². The predicted molar refractivity (Wildman–Crippen MR) is 78.6 cm³/mol. The molecular formula is C14H14INO3. The van der Waals surface area contributed by atoms with E-state index in [1.54, 1.807) is 12.1 Å². The number of carbonyl (C=O) groups excluding carboxylic acids is 3. The van der Waals surface area contributed by atoms with Crippen molar-refractivity contribution < 1.29 is 14.4 Å². The van der Waals surface area contributed by atoms with Gasteiger partial charge in [-0.25, -0.2) is 0 Å². The minimum atomic E-state index is -0.248. The van der Waals surface area contributed by atoms with Crippen LogP contribution in [0.15, 0.2) is 24.3 Å². The lowest BCUT2D eigenvalue weighted by atomic mass is 9.97. The van der Waals surface area contributed by atoms with Crippen LogP contribution >= 0.6 is 22.6 Å². The first-order valence-corrected chi connectivity index (χ1v) is 7.17. The Kier molecular flexibility index (Phi) is 4.34. The van der Waals surface area contributed by atoms with E-state index < -0.39 is 0 Å². The molecule has 0 bridgehead atoms. The highest BCUT2D eigenvalue weighted by Crippen LogP contribution is 2.19. The molecule has 19 heavy (non-hydrogen) atoms. The molecule has 0 N–H and O–H groups in total. The van der Waals surface area contributed by atoms with Crippen molar-refractivity contribution in [2.75, 3.05) is 6.54 Å². The molecule has 1 aromatic rings. The van der Waals surface area contributed by atoms with Crippen molar-refractivity contribution in [1.29, 1.82) is 0 Å². The van der Waals surface area contributed by atoms with Gasteiger partial charge in [-0.2, -0.15) is 0 Å². The van der Waals surface area contributed by atoms with Crippen LogP contribution in [0.3, 0.4) is 0 Å². The Balaban J connectivity index is 2.08. The lowest BCUT2D eigenvalue weighted by Gasteiger charge is -2.27. The smallest absolute Gasteiger partial charge is 0.229 e. The third-order valence-electron chi connectivity index (χ3n) is 3.12. The van der Waals surface area contributed by atoms with Gasteiger partial charge in [0.2, 0.25) is 11.8 Å². The van der Waals surface area contributed by atoms with Gasteiger partial charge in [-0.05, 0) is 40.6 Å². The van der Waals surface area contributed by atoms with E-state index in [1.807, 2.05) is 19.1 Å². The molecule has 2 amide bonds. The molecule has 0 unspecified atom stereocenters. The number of benzene rings is 1. The maximum atomic E-state index is 12.0. The summed E-state index contributed by atoms with van der Waals surface area (Å²) in [5.74, 6) is -0.623. The lowest BCUT2D eigenvalue weighted by molar-refractivity contribution is -0.149. The summed E-state index contributed by atoms with van der Waals surface area (Å²) in [5, 5.41) is 0. The van der Waals surface area contributed by atoms with Crippen molar-refractivity contribution in [2.24, 2.45) is 5.92 Å². The van der Waals surface area contributed by atoms with Crippen LogP contribution in [0.4, 0.5) is 0 Å². The molecule has 1 aromatic carbocycles. The molecule has 1 heterocycles. The fraction of sp³-hybridized carbons (Fsp3) is 0.357. The molecule has 1 saturated heterocycles. The Morgan fingerprint density at radius 1 is 1.21 bits per heavy atom. The minimum Gasteiger partial charge on any atom is -0.292 e. The number of nitrogens with zero attached hydrogens (tertiary/aromatic N) is 1. The van der Waals surface area contributed by atoms with Crippen molar-refractivity contribution in [3.63, 3.8) is 0 Å². The second-order valence-electron chi connectivity index (χ2n) is 4.82. The molecule has 0 aliphatic carbocycles. The summed E-state index contributed by atoms with van der Waals surface area (Å²) in [6.45, 7) is 1.72. The summed E-state index contributed by atoms with van der Waals surface area (Å²) >= 11 is 2.15. The first-order valence-electron chi connectivity index (χ1n) is 6.09. The highest BCUT2D eigenvalue weighted by atomic mass is 127. The maximum absolute atomic E-state index is 12.0. The van der Waals surface area contributed by atoms with Crippen LogP contribution in [-0.2, 0) is 9.59 Å². The Bertz CT molecular complexity index is 506. The topological polar surface area (TPSA) is 54.5 Å². The Hall–Kier alpha value is -1.24. The van der Waals surface area contributed by atoms with E-state index >= 15 is 0 Å². The molecule has 4 nitrogen and oxygen atoms in total. The van der Waals surface area contributed by atoms with Crippen LogP contribution in [0.2, 0.25) is 0 Å². The van der Waals surface area contributed by atoms with Crippen molar-refractivity contribution >= 4 is 40.2 Å². The second kappa shape index (κ2) is 5.81. The summed E-state index contributed by atoms with van der Waals surface area (Å²) < 4.78 is 1.04. The van der Waals surface area contributed by atoms with E-state index in [4.69, 9.17) is 0 Å². The zero-order valence-electron chi connectivity index (χ0n) is 10.6. The maximum Gasteiger partial charge on any atom is 0.229 e. The summed E-state index contributed by atoms with van der Waals surface area (Å²) in [6, 6.07) is 7.09. The third-order valence-corrected chi connectivity index (χ3v) is 3.84. The SMILES string of the molecule is CC1CC(=O)N(CC(=O)c2ccc(I)cc2)C(=O)C1. The second-order valence-corrected chi connectivity index (χ2v) is 6.06. The summed E-state index contributed by atoms with van der Waals surface area (Å²) in [5.41, 5.74) is 0.527. The summed E-state index contributed by atoms with van der Waals surface area (Å²) in [6.07, 6.45) is 0.678. The molecule has 1 fully saturated rings. The van der Waals surface area contributed by atoms with Gasteiger partial charge in [0, 0.05) is 22.0 Å². The van der Waals surface area contributed by atoms with Gasteiger partial charge < -0.3 is 0 Å². The van der Waals surface area contributed by atoms with Gasteiger partial charge in [-0.15, -0.1) is 0 Å². The minimum absolute atomic E-state index is 0.0738. The fourth-order valence-electron chi connectivity index (χ4n) is 2.07. The molecule has 100 valence electrons. The molecule has 5 heteroatoms. The third kappa shape index (κ3) is 3.40. The van der Waals surface area contributed by atoms with Crippen LogP contribution in [0.5, 0.6) is 0 Å². The van der Waals surface area contributed by atoms with Crippen LogP contribution in [0.1, 0.15) is 30.1 Å². The standard InChI is InChI=1S/C14H14INO3/c1-9-6-13(18)16(14(19)7-9)8-12(17)10-2-4-11(15)5-3-10/h2-5,9H,6-8H2,1H3. The first kappa shape index (κ1) is 14.2. The monoisotopic (exact) mass is 371 g/mol. The van der Waals surface area contributed by atoms with Crippen LogP contribution < -0.4 is 0 Å². The van der Waals surface area contributed by atoms with E-state index in [-0.39, 0.29) is 30.1 Å². The van der Waals surface area contributed by atoms with Gasteiger partial charge in [0.25, 0.3) is 0 Å². The number of piperidine rings is 1. The van der Waals surface area contributed by atoms with Gasteiger partial charge >= 0.3 is 0 Å².